The number of H-pyrrole nitrogens is 1. The maximum Gasteiger partial charge on any atom is 0.201 e. The second-order valence-corrected chi connectivity index (χ2v) is 4.46. The van der Waals surface area contributed by atoms with Crippen LogP contribution in [0.15, 0.2) is 24.3 Å². The van der Waals surface area contributed by atoms with Gasteiger partial charge in [-0.1, -0.05) is 19.1 Å². The summed E-state index contributed by atoms with van der Waals surface area (Å²) < 4.78 is 0. The average molecular weight is 203 g/mol. The van der Waals surface area contributed by atoms with Crippen LogP contribution in [0.1, 0.15) is 27.2 Å². The molecule has 0 spiro atoms. The molecular formula is C12H17N3. The van der Waals surface area contributed by atoms with Crippen molar-refractivity contribution in [2.24, 2.45) is 0 Å². The summed E-state index contributed by atoms with van der Waals surface area (Å²) in [5.41, 5.74) is 2.16. The van der Waals surface area contributed by atoms with Crippen molar-refractivity contribution in [2.45, 2.75) is 32.7 Å². The molecule has 2 N–H and O–H groups in total. The van der Waals surface area contributed by atoms with E-state index < -0.39 is 0 Å². The van der Waals surface area contributed by atoms with Crippen LogP contribution in [0.3, 0.4) is 0 Å². The molecule has 0 unspecified atom stereocenters. The summed E-state index contributed by atoms with van der Waals surface area (Å²) in [6, 6.07) is 8.05. The number of benzene rings is 1. The number of para-hydroxylation sites is 2. The molecule has 0 atom stereocenters. The van der Waals surface area contributed by atoms with E-state index in [0.717, 1.165) is 23.4 Å². The third kappa shape index (κ3) is 2.12. The number of aromatic nitrogens is 2. The number of nitrogens with zero attached hydrogens (tertiary/aromatic N) is 1. The fourth-order valence-electron chi connectivity index (χ4n) is 1.42. The van der Waals surface area contributed by atoms with Gasteiger partial charge in [-0.05, 0) is 32.4 Å². The third-order valence-electron chi connectivity index (χ3n) is 2.73. The molecule has 0 aliphatic carbocycles. The van der Waals surface area contributed by atoms with E-state index in [4.69, 9.17) is 0 Å². The first-order valence-electron chi connectivity index (χ1n) is 5.34. The summed E-state index contributed by atoms with van der Waals surface area (Å²) in [7, 11) is 0. The number of anilines is 1. The van der Waals surface area contributed by atoms with Crippen molar-refractivity contribution in [1.82, 2.24) is 9.97 Å². The number of nitrogens with one attached hydrogen (secondary N) is 2. The van der Waals surface area contributed by atoms with Gasteiger partial charge in [0.15, 0.2) is 0 Å². The van der Waals surface area contributed by atoms with Crippen LogP contribution < -0.4 is 5.32 Å². The highest BCUT2D eigenvalue weighted by Crippen LogP contribution is 2.18. The van der Waals surface area contributed by atoms with E-state index in [0.29, 0.717) is 0 Å². The van der Waals surface area contributed by atoms with E-state index >= 15 is 0 Å². The lowest BCUT2D eigenvalue weighted by Gasteiger charge is -2.23. The fourth-order valence-corrected chi connectivity index (χ4v) is 1.42. The van der Waals surface area contributed by atoms with Gasteiger partial charge in [0.25, 0.3) is 0 Å². The number of imidazole rings is 1. The smallest absolute Gasteiger partial charge is 0.201 e. The normalized spacial score (nSPS) is 11.9. The molecule has 0 fully saturated rings. The Balaban J connectivity index is 2.30. The largest absolute Gasteiger partial charge is 0.351 e. The molecule has 0 amide bonds. The van der Waals surface area contributed by atoms with Crippen LogP contribution in [0.4, 0.5) is 5.95 Å². The highest BCUT2D eigenvalue weighted by molar-refractivity contribution is 5.77. The first-order valence-corrected chi connectivity index (χ1v) is 5.34. The van der Waals surface area contributed by atoms with E-state index in [1.165, 1.54) is 0 Å². The second-order valence-electron chi connectivity index (χ2n) is 4.46. The van der Waals surface area contributed by atoms with Gasteiger partial charge in [0.05, 0.1) is 11.0 Å². The Hall–Kier alpha value is -1.51. The van der Waals surface area contributed by atoms with Crippen LogP contribution in [0.25, 0.3) is 11.0 Å². The van der Waals surface area contributed by atoms with Gasteiger partial charge in [-0.3, -0.25) is 0 Å². The minimum absolute atomic E-state index is 0.0773. The fraction of sp³-hybridized carbons (Fsp3) is 0.417. The van der Waals surface area contributed by atoms with Gasteiger partial charge in [0, 0.05) is 5.54 Å². The second kappa shape index (κ2) is 3.57. The Labute approximate surface area is 89.9 Å². The molecule has 0 radical (unpaired) electrons. The summed E-state index contributed by atoms with van der Waals surface area (Å²) in [4.78, 5) is 7.74. The molecule has 0 aliphatic heterocycles. The summed E-state index contributed by atoms with van der Waals surface area (Å²) >= 11 is 0. The van der Waals surface area contributed by atoms with E-state index in [2.05, 4.69) is 36.1 Å². The molecule has 3 heteroatoms. The van der Waals surface area contributed by atoms with Gasteiger partial charge < -0.3 is 10.3 Å². The standard InChI is InChI=1S/C12H17N3/c1-4-12(2,3)15-11-13-9-7-5-6-8-10(9)14-11/h5-8H,4H2,1-3H3,(H2,13,14,15). The lowest BCUT2D eigenvalue weighted by atomic mass is 10.0. The van der Waals surface area contributed by atoms with Gasteiger partial charge in [0.1, 0.15) is 0 Å². The molecule has 2 rings (SSSR count). The van der Waals surface area contributed by atoms with Crippen molar-refractivity contribution < 1.29 is 0 Å². The van der Waals surface area contributed by atoms with Crippen LogP contribution in [-0.4, -0.2) is 15.5 Å². The third-order valence-corrected chi connectivity index (χ3v) is 2.73. The van der Waals surface area contributed by atoms with Crippen molar-refractivity contribution in [3.8, 4) is 0 Å². The molecule has 15 heavy (non-hydrogen) atoms. The van der Waals surface area contributed by atoms with E-state index in [1.807, 2.05) is 24.3 Å². The van der Waals surface area contributed by atoms with Gasteiger partial charge in [0.2, 0.25) is 5.95 Å². The molecule has 0 saturated heterocycles. The molecule has 3 nitrogen and oxygen atoms in total. The Morgan fingerprint density at radius 2 is 2.07 bits per heavy atom. The average Bonchev–Trinajstić information content (AvgIpc) is 2.58. The molecule has 0 aliphatic rings. The Morgan fingerprint density at radius 1 is 1.33 bits per heavy atom. The molecule has 1 heterocycles. The highest BCUT2D eigenvalue weighted by Gasteiger charge is 2.15. The zero-order valence-electron chi connectivity index (χ0n) is 9.46. The molecular weight excluding hydrogens is 186 g/mol. The van der Waals surface area contributed by atoms with Crippen molar-refractivity contribution in [3.63, 3.8) is 0 Å². The zero-order chi connectivity index (χ0) is 10.9. The van der Waals surface area contributed by atoms with Crippen LogP contribution in [-0.2, 0) is 0 Å². The predicted molar refractivity (Wildman–Crippen MR) is 64.1 cm³/mol. The molecule has 0 bridgehead atoms. The Kier molecular flexibility index (Phi) is 2.39. The maximum absolute atomic E-state index is 4.48. The molecule has 2 aromatic rings. The Bertz CT molecular complexity index is 424. The zero-order valence-corrected chi connectivity index (χ0v) is 9.46. The van der Waals surface area contributed by atoms with Gasteiger partial charge in [-0.2, -0.15) is 0 Å². The number of aromatic amines is 1. The minimum atomic E-state index is 0.0773. The van der Waals surface area contributed by atoms with Gasteiger partial charge >= 0.3 is 0 Å². The SMILES string of the molecule is CCC(C)(C)Nc1nc2ccccc2[nH]1. The molecule has 1 aromatic heterocycles. The first-order chi connectivity index (χ1) is 7.11. The highest BCUT2D eigenvalue weighted by atomic mass is 15.1. The number of fused-ring (bicyclic) bond motifs is 1. The lowest BCUT2D eigenvalue weighted by Crippen LogP contribution is -2.30. The van der Waals surface area contributed by atoms with Crippen LogP contribution >= 0.6 is 0 Å². The maximum atomic E-state index is 4.48. The van der Waals surface area contributed by atoms with Gasteiger partial charge in [-0.25, -0.2) is 4.98 Å². The van der Waals surface area contributed by atoms with Crippen molar-refractivity contribution in [3.05, 3.63) is 24.3 Å². The van der Waals surface area contributed by atoms with E-state index in [1.54, 1.807) is 0 Å². The quantitative estimate of drug-likeness (QED) is 0.804. The number of rotatable bonds is 3. The summed E-state index contributed by atoms with van der Waals surface area (Å²) in [6.07, 6.45) is 1.06. The minimum Gasteiger partial charge on any atom is -0.351 e. The molecule has 1 aromatic carbocycles. The summed E-state index contributed by atoms with van der Waals surface area (Å²) in [5.74, 6) is 0.850. The molecule has 0 saturated carbocycles. The van der Waals surface area contributed by atoms with Crippen LogP contribution in [0.2, 0.25) is 0 Å². The monoisotopic (exact) mass is 203 g/mol. The van der Waals surface area contributed by atoms with Crippen LogP contribution in [0, 0.1) is 0 Å². The van der Waals surface area contributed by atoms with E-state index in [-0.39, 0.29) is 5.54 Å². The van der Waals surface area contributed by atoms with Crippen molar-refractivity contribution in [1.29, 1.82) is 0 Å². The Morgan fingerprint density at radius 3 is 2.73 bits per heavy atom. The summed E-state index contributed by atoms with van der Waals surface area (Å²) in [6.45, 7) is 6.50. The van der Waals surface area contributed by atoms with Crippen molar-refractivity contribution >= 4 is 17.0 Å². The topological polar surface area (TPSA) is 40.7 Å². The number of hydrogen-bond acceptors (Lipinski definition) is 2. The summed E-state index contributed by atoms with van der Waals surface area (Å²) in [5, 5.41) is 3.39. The van der Waals surface area contributed by atoms with E-state index in [9.17, 15) is 0 Å². The predicted octanol–water partition coefficient (Wildman–Crippen LogP) is 3.16. The lowest BCUT2D eigenvalue weighted by molar-refractivity contribution is 0.543. The molecule has 80 valence electrons. The van der Waals surface area contributed by atoms with Crippen molar-refractivity contribution in [2.75, 3.05) is 5.32 Å². The van der Waals surface area contributed by atoms with Gasteiger partial charge in [-0.15, -0.1) is 0 Å². The first kappa shape index (κ1) is 10.0. The number of hydrogen-bond donors (Lipinski definition) is 2. The van der Waals surface area contributed by atoms with Crippen LogP contribution in [0.5, 0.6) is 0 Å².